The van der Waals surface area contributed by atoms with Crippen molar-refractivity contribution in [3.05, 3.63) is 68.4 Å². The van der Waals surface area contributed by atoms with E-state index in [9.17, 15) is 4.39 Å². The second-order valence-electron chi connectivity index (χ2n) is 5.08. The Balaban J connectivity index is 2.28. The number of halogens is 3. The van der Waals surface area contributed by atoms with Crippen LogP contribution in [-0.2, 0) is 6.42 Å². The van der Waals surface area contributed by atoms with E-state index < -0.39 is 0 Å². The molecular formula is C17H18BrClFN. The maximum absolute atomic E-state index is 13.4. The molecule has 0 aliphatic carbocycles. The highest BCUT2D eigenvalue weighted by molar-refractivity contribution is 9.10. The second kappa shape index (κ2) is 7.39. The summed E-state index contributed by atoms with van der Waals surface area (Å²) in [6.45, 7) is 4.92. The van der Waals surface area contributed by atoms with Gasteiger partial charge in [-0.2, -0.15) is 0 Å². The molecule has 0 aromatic heterocycles. The zero-order valence-corrected chi connectivity index (χ0v) is 14.4. The molecule has 2 rings (SSSR count). The van der Waals surface area contributed by atoms with Crippen LogP contribution >= 0.6 is 27.5 Å². The van der Waals surface area contributed by atoms with Crippen molar-refractivity contribution in [3.63, 3.8) is 0 Å². The van der Waals surface area contributed by atoms with Crippen LogP contribution in [0.5, 0.6) is 0 Å². The second-order valence-corrected chi connectivity index (χ2v) is 6.34. The van der Waals surface area contributed by atoms with E-state index in [4.69, 9.17) is 11.6 Å². The molecular weight excluding hydrogens is 353 g/mol. The van der Waals surface area contributed by atoms with E-state index in [0.29, 0.717) is 4.47 Å². The first-order valence-corrected chi connectivity index (χ1v) is 8.11. The van der Waals surface area contributed by atoms with Crippen molar-refractivity contribution in [2.45, 2.75) is 26.3 Å². The molecule has 1 atom stereocenters. The fraction of sp³-hybridized carbons (Fsp3) is 0.294. The molecule has 0 aliphatic heterocycles. The van der Waals surface area contributed by atoms with Crippen LogP contribution in [0, 0.1) is 12.7 Å². The molecule has 0 radical (unpaired) electrons. The van der Waals surface area contributed by atoms with Crippen molar-refractivity contribution in [2.24, 2.45) is 0 Å². The Labute approximate surface area is 138 Å². The fourth-order valence-corrected chi connectivity index (χ4v) is 3.03. The van der Waals surface area contributed by atoms with Gasteiger partial charge in [0, 0.05) is 11.1 Å². The number of benzene rings is 2. The summed E-state index contributed by atoms with van der Waals surface area (Å²) in [5, 5.41) is 4.21. The maximum atomic E-state index is 13.4. The molecule has 0 amide bonds. The summed E-state index contributed by atoms with van der Waals surface area (Å²) in [5.41, 5.74) is 3.28. The molecule has 21 heavy (non-hydrogen) atoms. The van der Waals surface area contributed by atoms with Gasteiger partial charge in [0.1, 0.15) is 5.82 Å². The summed E-state index contributed by atoms with van der Waals surface area (Å²) in [5.74, 6) is -0.248. The molecule has 2 aromatic rings. The number of nitrogens with one attached hydrogen (secondary N) is 1. The quantitative estimate of drug-likeness (QED) is 0.738. The predicted molar refractivity (Wildman–Crippen MR) is 90.4 cm³/mol. The van der Waals surface area contributed by atoms with E-state index >= 15 is 0 Å². The van der Waals surface area contributed by atoms with Gasteiger partial charge < -0.3 is 5.32 Å². The maximum Gasteiger partial charge on any atom is 0.137 e. The van der Waals surface area contributed by atoms with Gasteiger partial charge in [-0.3, -0.25) is 0 Å². The average molecular weight is 371 g/mol. The highest BCUT2D eigenvalue weighted by Gasteiger charge is 2.14. The lowest BCUT2D eigenvalue weighted by Crippen LogP contribution is -2.23. The fourth-order valence-electron chi connectivity index (χ4n) is 2.32. The molecule has 0 bridgehead atoms. The number of hydrogen-bond donors (Lipinski definition) is 1. The lowest BCUT2D eigenvalue weighted by atomic mass is 9.98. The number of aryl methyl sites for hydroxylation is 1. The van der Waals surface area contributed by atoms with Gasteiger partial charge in [-0.15, -0.1) is 0 Å². The molecule has 0 saturated carbocycles. The summed E-state index contributed by atoms with van der Waals surface area (Å²) in [6.07, 6.45) is 0.769. The summed E-state index contributed by atoms with van der Waals surface area (Å²) in [6, 6.07) is 11.3. The molecule has 0 aliphatic rings. The van der Waals surface area contributed by atoms with Gasteiger partial charge in [-0.05, 0) is 70.7 Å². The molecule has 0 fully saturated rings. The highest BCUT2D eigenvalue weighted by Crippen LogP contribution is 2.27. The van der Waals surface area contributed by atoms with Crippen molar-refractivity contribution in [1.29, 1.82) is 0 Å². The van der Waals surface area contributed by atoms with Crippen molar-refractivity contribution >= 4 is 27.5 Å². The predicted octanol–water partition coefficient (Wildman–Crippen LogP) is 5.44. The van der Waals surface area contributed by atoms with Gasteiger partial charge in [-0.25, -0.2) is 4.39 Å². The molecule has 2 aromatic carbocycles. The molecule has 0 spiro atoms. The highest BCUT2D eigenvalue weighted by atomic mass is 79.9. The lowest BCUT2D eigenvalue weighted by Gasteiger charge is -2.20. The van der Waals surface area contributed by atoms with Gasteiger partial charge in [0.15, 0.2) is 0 Å². The van der Waals surface area contributed by atoms with Crippen molar-refractivity contribution in [1.82, 2.24) is 5.32 Å². The van der Waals surface area contributed by atoms with Gasteiger partial charge >= 0.3 is 0 Å². The van der Waals surface area contributed by atoms with Gasteiger partial charge in [0.25, 0.3) is 0 Å². The first kappa shape index (κ1) is 16.5. The van der Waals surface area contributed by atoms with Crippen LogP contribution in [-0.4, -0.2) is 6.54 Å². The Kier molecular flexibility index (Phi) is 5.80. The van der Waals surface area contributed by atoms with Crippen LogP contribution in [0.4, 0.5) is 4.39 Å². The smallest absolute Gasteiger partial charge is 0.137 e. The summed E-state index contributed by atoms with van der Waals surface area (Å²) >= 11 is 9.57. The summed E-state index contributed by atoms with van der Waals surface area (Å²) in [4.78, 5) is 0. The molecule has 0 saturated heterocycles. The lowest BCUT2D eigenvalue weighted by molar-refractivity contribution is 0.546. The van der Waals surface area contributed by atoms with Crippen LogP contribution in [0.15, 0.2) is 40.9 Å². The standard InChI is InChI=1S/C17H18BrClFN/c1-3-21-17(13-6-7-16(20)14(18)9-13)10-12-5-4-11(2)8-15(12)19/h4-9,17,21H,3,10H2,1-2H3. The number of rotatable bonds is 5. The molecule has 112 valence electrons. The Morgan fingerprint density at radius 1 is 1.24 bits per heavy atom. The third kappa shape index (κ3) is 4.29. The Hall–Kier alpha value is -0.900. The van der Waals surface area contributed by atoms with Crippen molar-refractivity contribution in [3.8, 4) is 0 Å². The Morgan fingerprint density at radius 3 is 2.62 bits per heavy atom. The molecule has 1 nitrogen and oxygen atoms in total. The third-order valence-electron chi connectivity index (χ3n) is 3.43. The largest absolute Gasteiger partial charge is 0.310 e. The van der Waals surface area contributed by atoms with E-state index in [-0.39, 0.29) is 11.9 Å². The van der Waals surface area contributed by atoms with Gasteiger partial charge in [-0.1, -0.05) is 36.7 Å². The summed E-state index contributed by atoms with van der Waals surface area (Å²) in [7, 11) is 0. The first-order valence-electron chi connectivity index (χ1n) is 6.94. The molecule has 4 heteroatoms. The van der Waals surface area contributed by atoms with Crippen LogP contribution in [0.25, 0.3) is 0 Å². The van der Waals surface area contributed by atoms with Crippen molar-refractivity contribution < 1.29 is 4.39 Å². The SMILES string of the molecule is CCNC(Cc1ccc(C)cc1Cl)c1ccc(F)c(Br)c1. The van der Waals surface area contributed by atoms with Crippen LogP contribution < -0.4 is 5.32 Å². The van der Waals surface area contributed by atoms with Crippen molar-refractivity contribution in [2.75, 3.05) is 6.54 Å². The normalized spacial score (nSPS) is 12.4. The zero-order valence-electron chi connectivity index (χ0n) is 12.1. The topological polar surface area (TPSA) is 12.0 Å². The third-order valence-corrected chi connectivity index (χ3v) is 4.39. The molecule has 1 unspecified atom stereocenters. The zero-order chi connectivity index (χ0) is 15.4. The summed E-state index contributed by atoms with van der Waals surface area (Å²) < 4.78 is 13.9. The van der Waals surface area contributed by atoms with Crippen LogP contribution in [0.3, 0.4) is 0 Å². The monoisotopic (exact) mass is 369 g/mol. The van der Waals surface area contributed by atoms with Crippen LogP contribution in [0.1, 0.15) is 29.7 Å². The number of hydrogen-bond acceptors (Lipinski definition) is 1. The average Bonchev–Trinajstić information content (AvgIpc) is 2.44. The first-order chi connectivity index (χ1) is 10.0. The van der Waals surface area contributed by atoms with E-state index in [0.717, 1.165) is 34.7 Å². The van der Waals surface area contributed by atoms with Crippen LogP contribution in [0.2, 0.25) is 5.02 Å². The Bertz CT molecular complexity index is 630. The minimum Gasteiger partial charge on any atom is -0.310 e. The van der Waals surface area contributed by atoms with E-state index in [1.165, 1.54) is 6.07 Å². The minimum atomic E-state index is -0.248. The van der Waals surface area contributed by atoms with Gasteiger partial charge in [0.2, 0.25) is 0 Å². The minimum absolute atomic E-state index is 0.104. The number of likely N-dealkylation sites (N-methyl/N-ethyl adjacent to an activating group) is 1. The Morgan fingerprint density at radius 2 is 2.00 bits per heavy atom. The van der Waals surface area contributed by atoms with E-state index in [2.05, 4.69) is 40.3 Å². The van der Waals surface area contributed by atoms with E-state index in [1.807, 2.05) is 25.1 Å². The molecule has 0 heterocycles. The van der Waals surface area contributed by atoms with E-state index in [1.54, 1.807) is 0 Å². The van der Waals surface area contributed by atoms with Gasteiger partial charge in [0.05, 0.1) is 4.47 Å². The molecule has 1 N–H and O–H groups in total.